The number of methoxy groups -OCH3 is 1. The summed E-state index contributed by atoms with van der Waals surface area (Å²) in [6.45, 7) is 1.80. The summed E-state index contributed by atoms with van der Waals surface area (Å²) in [5.74, 6) is -0.360. The van der Waals surface area contributed by atoms with E-state index in [9.17, 15) is 13.8 Å². The third-order valence-corrected chi connectivity index (χ3v) is 4.67. The molecule has 0 unspecified atom stereocenters. The predicted molar refractivity (Wildman–Crippen MR) is 98.5 cm³/mol. The number of rotatable bonds is 7. The van der Waals surface area contributed by atoms with E-state index in [2.05, 4.69) is 5.32 Å². The molecule has 0 aromatic heterocycles. The van der Waals surface area contributed by atoms with Crippen molar-refractivity contribution in [1.29, 1.82) is 0 Å². The van der Waals surface area contributed by atoms with E-state index >= 15 is 0 Å². The van der Waals surface area contributed by atoms with E-state index in [1.165, 1.54) is 19.2 Å². The van der Waals surface area contributed by atoms with Crippen LogP contribution in [0.4, 0.5) is 0 Å². The fourth-order valence-electron chi connectivity index (χ4n) is 2.24. The summed E-state index contributed by atoms with van der Waals surface area (Å²) in [5.41, 5.74) is 1.09. The Morgan fingerprint density at radius 2 is 1.77 bits per heavy atom. The van der Waals surface area contributed by atoms with Crippen LogP contribution in [0.25, 0.3) is 0 Å². The molecule has 0 aliphatic heterocycles. The second-order valence-electron chi connectivity index (χ2n) is 5.56. The first-order valence-electron chi connectivity index (χ1n) is 7.96. The Kier molecular flexibility index (Phi) is 6.91. The Balaban J connectivity index is 1.94. The number of nitrogens with one attached hydrogen (secondary N) is 1. The van der Waals surface area contributed by atoms with Gasteiger partial charge < -0.3 is 14.8 Å². The number of carbonyl (C=O) groups excluding carboxylic acids is 2. The molecule has 26 heavy (non-hydrogen) atoms. The van der Waals surface area contributed by atoms with Crippen molar-refractivity contribution in [1.82, 2.24) is 5.32 Å². The fourth-order valence-corrected chi connectivity index (χ4v) is 2.97. The second kappa shape index (κ2) is 9.15. The molecule has 0 spiro atoms. The van der Waals surface area contributed by atoms with Gasteiger partial charge in [-0.15, -0.1) is 0 Å². The van der Waals surface area contributed by atoms with E-state index in [1.807, 2.05) is 12.1 Å². The molecule has 0 heterocycles. The summed E-state index contributed by atoms with van der Waals surface area (Å²) >= 11 is 0. The van der Waals surface area contributed by atoms with Crippen molar-refractivity contribution in [3.63, 3.8) is 0 Å². The van der Waals surface area contributed by atoms with Crippen molar-refractivity contribution in [3.8, 4) is 5.75 Å². The molecule has 2 atom stereocenters. The van der Waals surface area contributed by atoms with Gasteiger partial charge in [0.1, 0.15) is 5.75 Å². The average molecular weight is 375 g/mol. The summed E-state index contributed by atoms with van der Waals surface area (Å²) in [7, 11) is 0.253. The first-order chi connectivity index (χ1) is 12.4. The zero-order valence-corrected chi connectivity index (χ0v) is 15.7. The van der Waals surface area contributed by atoms with Gasteiger partial charge in [-0.2, -0.15) is 0 Å². The summed E-state index contributed by atoms with van der Waals surface area (Å²) < 4.78 is 22.0. The van der Waals surface area contributed by atoms with Crippen LogP contribution in [-0.4, -0.2) is 35.6 Å². The van der Waals surface area contributed by atoms with Gasteiger partial charge in [0, 0.05) is 12.8 Å². The maximum Gasteiger partial charge on any atom is 0.340 e. The average Bonchev–Trinajstić information content (AvgIpc) is 2.66. The third-order valence-electron chi connectivity index (χ3n) is 3.70. The molecule has 6 nitrogen and oxygen atoms in total. The Bertz CT molecular complexity index is 804. The number of hydrogen-bond acceptors (Lipinski definition) is 5. The minimum Gasteiger partial charge on any atom is -0.497 e. The lowest BCUT2D eigenvalue weighted by atomic mass is 10.2. The lowest BCUT2D eigenvalue weighted by molar-refractivity contribution is -0.129. The van der Waals surface area contributed by atoms with Crippen LogP contribution in [0.1, 0.15) is 22.8 Å². The molecule has 7 heteroatoms. The largest absolute Gasteiger partial charge is 0.497 e. The number of esters is 1. The quantitative estimate of drug-likeness (QED) is 0.751. The highest BCUT2D eigenvalue weighted by Crippen LogP contribution is 2.15. The zero-order chi connectivity index (χ0) is 19.1. The summed E-state index contributed by atoms with van der Waals surface area (Å²) in [6, 6.07) is 13.7. The molecule has 2 aromatic carbocycles. The standard InChI is InChI=1S/C19H21NO5S/c1-13(18(21)20-12-14-8-10-15(24-2)11-9-14)25-19(22)16-6-4-5-7-17(16)26(3)23/h4-11,13H,12H2,1-3H3,(H,20,21)/t13-,26+/m1/s1. The van der Waals surface area contributed by atoms with Crippen LogP contribution in [0.15, 0.2) is 53.4 Å². The molecule has 2 aromatic rings. The molecular weight excluding hydrogens is 354 g/mol. The van der Waals surface area contributed by atoms with Crippen LogP contribution < -0.4 is 10.1 Å². The molecule has 0 saturated carbocycles. The van der Waals surface area contributed by atoms with Gasteiger partial charge in [0.15, 0.2) is 6.10 Å². The van der Waals surface area contributed by atoms with E-state index in [-0.39, 0.29) is 5.56 Å². The molecule has 0 fully saturated rings. The summed E-state index contributed by atoms with van der Waals surface area (Å²) in [4.78, 5) is 24.8. The number of hydrogen-bond donors (Lipinski definition) is 1. The lowest BCUT2D eigenvalue weighted by Crippen LogP contribution is -2.35. The molecule has 0 bridgehead atoms. The molecule has 0 radical (unpaired) electrons. The smallest absolute Gasteiger partial charge is 0.340 e. The summed E-state index contributed by atoms with van der Waals surface area (Å²) in [5, 5.41) is 2.71. The first kappa shape index (κ1) is 19.7. The van der Waals surface area contributed by atoms with Crippen LogP contribution in [0.5, 0.6) is 5.75 Å². The molecule has 0 aliphatic rings. The SMILES string of the molecule is COc1ccc(CNC(=O)[C@@H](C)OC(=O)c2ccccc2[S@](C)=O)cc1. The van der Waals surface area contributed by atoms with Crippen LogP contribution >= 0.6 is 0 Å². The van der Waals surface area contributed by atoms with Gasteiger partial charge in [-0.25, -0.2) is 4.79 Å². The number of ether oxygens (including phenoxy) is 2. The molecular formula is C19H21NO5S. The molecule has 1 amide bonds. The molecule has 0 aliphatic carbocycles. The predicted octanol–water partition coefficient (Wildman–Crippen LogP) is 2.29. The Labute approximate surface area is 155 Å². The van der Waals surface area contributed by atoms with Crippen LogP contribution in [0.2, 0.25) is 0 Å². The van der Waals surface area contributed by atoms with E-state index in [0.717, 1.165) is 11.3 Å². The second-order valence-corrected chi connectivity index (χ2v) is 6.91. The number of benzene rings is 2. The van der Waals surface area contributed by atoms with Crippen LogP contribution in [0, 0.1) is 0 Å². The maximum absolute atomic E-state index is 12.3. The lowest BCUT2D eigenvalue weighted by Gasteiger charge is -2.14. The van der Waals surface area contributed by atoms with Gasteiger partial charge >= 0.3 is 5.97 Å². The van der Waals surface area contributed by atoms with Gasteiger partial charge in [-0.1, -0.05) is 24.3 Å². The van der Waals surface area contributed by atoms with Crippen molar-refractivity contribution < 1.29 is 23.3 Å². The Morgan fingerprint density at radius 3 is 2.38 bits per heavy atom. The normalized spacial score (nSPS) is 12.7. The number of amides is 1. The van der Waals surface area contributed by atoms with E-state index in [1.54, 1.807) is 37.4 Å². The van der Waals surface area contributed by atoms with Gasteiger partial charge in [-0.05, 0) is 36.8 Å². The van der Waals surface area contributed by atoms with E-state index < -0.39 is 28.8 Å². The van der Waals surface area contributed by atoms with Crippen molar-refractivity contribution in [2.75, 3.05) is 13.4 Å². The highest BCUT2D eigenvalue weighted by Gasteiger charge is 2.21. The summed E-state index contributed by atoms with van der Waals surface area (Å²) in [6.07, 6.45) is 0.510. The maximum atomic E-state index is 12.3. The molecule has 138 valence electrons. The van der Waals surface area contributed by atoms with Crippen molar-refractivity contribution in [2.24, 2.45) is 0 Å². The van der Waals surface area contributed by atoms with E-state index in [0.29, 0.717) is 11.4 Å². The van der Waals surface area contributed by atoms with Gasteiger partial charge in [0.05, 0.1) is 28.4 Å². The fraction of sp³-hybridized carbons (Fsp3) is 0.263. The Hall–Kier alpha value is -2.67. The van der Waals surface area contributed by atoms with Crippen molar-refractivity contribution >= 4 is 22.7 Å². The van der Waals surface area contributed by atoms with Gasteiger partial charge in [0.25, 0.3) is 5.91 Å². The van der Waals surface area contributed by atoms with Crippen LogP contribution in [-0.2, 0) is 26.9 Å². The molecule has 1 N–H and O–H groups in total. The number of carbonyl (C=O) groups is 2. The minimum atomic E-state index is -1.33. The Morgan fingerprint density at radius 1 is 1.12 bits per heavy atom. The first-order valence-corrected chi connectivity index (χ1v) is 9.52. The minimum absolute atomic E-state index is 0.197. The van der Waals surface area contributed by atoms with Gasteiger partial charge in [0.2, 0.25) is 0 Å². The molecule has 0 saturated heterocycles. The topological polar surface area (TPSA) is 81.7 Å². The molecule has 2 rings (SSSR count). The highest BCUT2D eigenvalue weighted by atomic mass is 32.2. The monoisotopic (exact) mass is 375 g/mol. The van der Waals surface area contributed by atoms with Crippen molar-refractivity contribution in [2.45, 2.75) is 24.5 Å². The highest BCUT2D eigenvalue weighted by molar-refractivity contribution is 7.84. The van der Waals surface area contributed by atoms with Crippen LogP contribution in [0.3, 0.4) is 0 Å². The van der Waals surface area contributed by atoms with Gasteiger partial charge in [-0.3, -0.25) is 9.00 Å². The van der Waals surface area contributed by atoms with E-state index in [4.69, 9.17) is 9.47 Å². The van der Waals surface area contributed by atoms with Crippen molar-refractivity contribution in [3.05, 3.63) is 59.7 Å². The third kappa shape index (κ3) is 5.16. The zero-order valence-electron chi connectivity index (χ0n) is 14.9.